The van der Waals surface area contributed by atoms with Gasteiger partial charge in [0.25, 0.3) is 5.91 Å². The molecular formula is C19H25N3O2S. The van der Waals surface area contributed by atoms with E-state index in [2.05, 4.69) is 11.1 Å². The van der Waals surface area contributed by atoms with Crippen molar-refractivity contribution < 1.29 is 9.90 Å². The van der Waals surface area contributed by atoms with Crippen molar-refractivity contribution in [2.75, 3.05) is 20.1 Å². The van der Waals surface area contributed by atoms with Crippen molar-refractivity contribution >= 4 is 17.2 Å². The molecule has 0 radical (unpaired) electrons. The van der Waals surface area contributed by atoms with Gasteiger partial charge in [-0.05, 0) is 32.4 Å². The average Bonchev–Trinajstić information content (AvgIpc) is 3.05. The second-order valence-corrected chi connectivity index (χ2v) is 7.93. The Morgan fingerprint density at radius 2 is 2.28 bits per heavy atom. The van der Waals surface area contributed by atoms with Gasteiger partial charge in [-0.1, -0.05) is 29.8 Å². The van der Waals surface area contributed by atoms with Crippen LogP contribution in [0, 0.1) is 6.92 Å². The van der Waals surface area contributed by atoms with E-state index in [9.17, 15) is 9.90 Å². The molecule has 1 unspecified atom stereocenters. The van der Waals surface area contributed by atoms with Gasteiger partial charge in [0.15, 0.2) is 5.60 Å². The number of likely N-dealkylation sites (tertiary alicyclic amines) is 1. The van der Waals surface area contributed by atoms with Crippen LogP contribution >= 0.6 is 11.3 Å². The van der Waals surface area contributed by atoms with Crippen molar-refractivity contribution in [1.82, 2.24) is 14.8 Å². The zero-order valence-corrected chi connectivity index (χ0v) is 15.6. The highest BCUT2D eigenvalue weighted by Gasteiger charge is 2.42. The summed E-state index contributed by atoms with van der Waals surface area (Å²) >= 11 is 1.59. The number of nitrogens with zero attached hydrogens (tertiary/aromatic N) is 3. The Kier molecular flexibility index (Phi) is 5.51. The number of piperidine rings is 1. The van der Waals surface area contributed by atoms with Crippen LogP contribution in [-0.2, 0) is 17.9 Å². The van der Waals surface area contributed by atoms with E-state index in [1.54, 1.807) is 22.4 Å². The van der Waals surface area contributed by atoms with Crippen LogP contribution in [-0.4, -0.2) is 51.5 Å². The van der Waals surface area contributed by atoms with E-state index in [4.69, 9.17) is 0 Å². The van der Waals surface area contributed by atoms with Crippen LogP contribution in [0.4, 0.5) is 0 Å². The van der Waals surface area contributed by atoms with Crippen LogP contribution in [0.15, 0.2) is 35.8 Å². The third-order valence-corrected chi connectivity index (χ3v) is 5.34. The summed E-state index contributed by atoms with van der Waals surface area (Å²) in [5, 5.41) is 13.9. The summed E-state index contributed by atoms with van der Waals surface area (Å²) in [4.78, 5) is 20.9. The Morgan fingerprint density at radius 1 is 1.44 bits per heavy atom. The highest BCUT2D eigenvalue weighted by Crippen LogP contribution is 2.26. The Bertz CT molecular complexity index is 719. The van der Waals surface area contributed by atoms with Crippen LogP contribution in [0.2, 0.25) is 0 Å². The molecule has 2 aromatic rings. The van der Waals surface area contributed by atoms with Crippen LogP contribution in [0.5, 0.6) is 0 Å². The lowest BCUT2D eigenvalue weighted by Crippen LogP contribution is -2.57. The summed E-state index contributed by atoms with van der Waals surface area (Å²) in [6.07, 6.45) is 3.11. The highest BCUT2D eigenvalue weighted by atomic mass is 32.1. The minimum absolute atomic E-state index is 0.161. The standard InChI is InChI=1S/C19H25N3O2S/c1-15-5-3-6-16(11-15)12-22-9-4-7-19(24,18(22)23)14-21(2)13-17-20-8-10-25-17/h3,5-6,8,10-11,24H,4,7,9,12-14H2,1-2H3. The maximum atomic E-state index is 12.9. The molecule has 25 heavy (non-hydrogen) atoms. The molecule has 1 N–H and O–H groups in total. The van der Waals surface area contributed by atoms with Gasteiger partial charge < -0.3 is 10.0 Å². The first kappa shape index (κ1) is 18.0. The summed E-state index contributed by atoms with van der Waals surface area (Å²) in [7, 11) is 1.92. The van der Waals surface area contributed by atoms with E-state index < -0.39 is 5.60 Å². The minimum Gasteiger partial charge on any atom is -0.379 e. The second-order valence-electron chi connectivity index (χ2n) is 6.95. The van der Waals surface area contributed by atoms with Gasteiger partial charge in [-0.3, -0.25) is 9.69 Å². The van der Waals surface area contributed by atoms with E-state index in [-0.39, 0.29) is 5.91 Å². The molecule has 1 saturated heterocycles. The zero-order chi connectivity index (χ0) is 17.9. The van der Waals surface area contributed by atoms with Gasteiger partial charge in [0.2, 0.25) is 0 Å². The molecule has 6 heteroatoms. The number of rotatable bonds is 6. The van der Waals surface area contributed by atoms with Gasteiger partial charge in [-0.2, -0.15) is 0 Å². The minimum atomic E-state index is -1.31. The Hall–Kier alpha value is -1.76. The molecule has 1 aromatic heterocycles. The van der Waals surface area contributed by atoms with Crippen molar-refractivity contribution in [2.24, 2.45) is 0 Å². The van der Waals surface area contributed by atoms with E-state index in [0.717, 1.165) is 17.0 Å². The number of aliphatic hydroxyl groups is 1. The van der Waals surface area contributed by atoms with E-state index >= 15 is 0 Å². The molecule has 134 valence electrons. The summed E-state index contributed by atoms with van der Waals surface area (Å²) in [5.41, 5.74) is 0.975. The summed E-state index contributed by atoms with van der Waals surface area (Å²) < 4.78 is 0. The fraction of sp³-hybridized carbons (Fsp3) is 0.474. The number of likely N-dealkylation sites (N-methyl/N-ethyl adjacent to an activating group) is 1. The number of carbonyl (C=O) groups excluding carboxylic acids is 1. The number of hydrogen-bond acceptors (Lipinski definition) is 5. The average molecular weight is 359 g/mol. The first-order valence-electron chi connectivity index (χ1n) is 8.60. The molecule has 2 heterocycles. The largest absolute Gasteiger partial charge is 0.379 e. The van der Waals surface area contributed by atoms with Gasteiger partial charge in [0.05, 0.1) is 6.54 Å². The van der Waals surface area contributed by atoms with Crippen LogP contribution in [0.3, 0.4) is 0 Å². The zero-order valence-electron chi connectivity index (χ0n) is 14.8. The first-order valence-corrected chi connectivity index (χ1v) is 9.48. The second kappa shape index (κ2) is 7.64. The molecular weight excluding hydrogens is 334 g/mol. The molecule has 1 aromatic carbocycles. The fourth-order valence-electron chi connectivity index (χ4n) is 3.46. The predicted molar refractivity (Wildman–Crippen MR) is 99.2 cm³/mol. The Morgan fingerprint density at radius 3 is 3.00 bits per heavy atom. The smallest absolute Gasteiger partial charge is 0.256 e. The van der Waals surface area contributed by atoms with E-state index in [1.165, 1.54) is 5.56 Å². The van der Waals surface area contributed by atoms with Gasteiger partial charge in [0, 0.05) is 31.2 Å². The molecule has 0 aliphatic carbocycles. The summed E-state index contributed by atoms with van der Waals surface area (Å²) in [6, 6.07) is 8.18. The maximum Gasteiger partial charge on any atom is 0.256 e. The summed E-state index contributed by atoms with van der Waals surface area (Å²) in [5.74, 6) is -0.161. The maximum absolute atomic E-state index is 12.9. The van der Waals surface area contributed by atoms with Crippen molar-refractivity contribution in [1.29, 1.82) is 0 Å². The molecule has 1 amide bonds. The molecule has 0 bridgehead atoms. The lowest BCUT2D eigenvalue weighted by atomic mass is 9.90. The number of hydrogen-bond donors (Lipinski definition) is 1. The number of amides is 1. The molecule has 3 rings (SSSR count). The SMILES string of the molecule is Cc1cccc(CN2CCCC(O)(CN(C)Cc3nccs3)C2=O)c1. The topological polar surface area (TPSA) is 56.7 Å². The normalized spacial score (nSPS) is 21.1. The summed E-state index contributed by atoms with van der Waals surface area (Å²) in [6.45, 7) is 4.27. The lowest BCUT2D eigenvalue weighted by molar-refractivity contribution is -0.160. The molecule has 1 aliphatic rings. The van der Waals surface area contributed by atoms with E-state index in [1.807, 2.05) is 42.5 Å². The molecule has 5 nitrogen and oxygen atoms in total. The number of benzene rings is 1. The van der Waals surface area contributed by atoms with Crippen molar-refractivity contribution in [3.05, 3.63) is 52.0 Å². The molecule has 1 fully saturated rings. The Balaban J connectivity index is 1.65. The van der Waals surface area contributed by atoms with Gasteiger partial charge >= 0.3 is 0 Å². The number of aromatic nitrogens is 1. The molecule has 1 atom stereocenters. The van der Waals surface area contributed by atoms with Gasteiger partial charge in [0.1, 0.15) is 5.01 Å². The van der Waals surface area contributed by atoms with Crippen molar-refractivity contribution in [2.45, 2.75) is 38.5 Å². The number of aryl methyl sites for hydroxylation is 1. The predicted octanol–water partition coefficient (Wildman–Crippen LogP) is 2.44. The molecule has 0 saturated carbocycles. The quantitative estimate of drug-likeness (QED) is 0.861. The van der Waals surface area contributed by atoms with Crippen molar-refractivity contribution in [3.8, 4) is 0 Å². The third-order valence-electron chi connectivity index (χ3n) is 4.58. The van der Waals surface area contributed by atoms with Gasteiger partial charge in [-0.15, -0.1) is 11.3 Å². The van der Waals surface area contributed by atoms with Crippen LogP contribution in [0.1, 0.15) is 29.0 Å². The van der Waals surface area contributed by atoms with Crippen molar-refractivity contribution in [3.63, 3.8) is 0 Å². The third kappa shape index (κ3) is 4.45. The first-order chi connectivity index (χ1) is 12.0. The lowest BCUT2D eigenvalue weighted by Gasteiger charge is -2.40. The monoisotopic (exact) mass is 359 g/mol. The fourth-order valence-corrected chi connectivity index (χ4v) is 4.15. The number of carbonyl (C=O) groups is 1. The Labute approximate surface area is 152 Å². The number of thiazole rings is 1. The highest BCUT2D eigenvalue weighted by molar-refractivity contribution is 7.09. The van der Waals surface area contributed by atoms with Gasteiger partial charge in [-0.25, -0.2) is 4.98 Å². The van der Waals surface area contributed by atoms with E-state index in [0.29, 0.717) is 32.6 Å². The van der Waals surface area contributed by atoms with Crippen LogP contribution in [0.25, 0.3) is 0 Å². The van der Waals surface area contributed by atoms with Crippen LogP contribution < -0.4 is 0 Å². The molecule has 0 spiro atoms. The molecule has 1 aliphatic heterocycles.